The van der Waals surface area contributed by atoms with Gasteiger partial charge in [-0.3, -0.25) is 0 Å². The molecule has 5 heteroatoms. The molecular weight excluding hydrogens is 481 g/mol. The predicted octanol–water partition coefficient (Wildman–Crippen LogP) is 2.19. The van der Waals surface area contributed by atoms with E-state index in [0.717, 1.165) is 51.4 Å². The third-order valence-corrected chi connectivity index (χ3v) is 4.88. The number of hydrogen-bond acceptors (Lipinski definition) is 4. The van der Waals surface area contributed by atoms with Gasteiger partial charge in [-0.25, -0.2) is 0 Å². The number of rotatable bonds is 2. The minimum absolute atomic E-state index is 0. The van der Waals surface area contributed by atoms with Gasteiger partial charge in [0.1, 0.15) is 0 Å². The zero-order chi connectivity index (χ0) is 16.2. The Morgan fingerprint density at radius 3 is 0.957 bits per heavy atom. The van der Waals surface area contributed by atoms with E-state index in [9.17, 15) is 19.8 Å². The van der Waals surface area contributed by atoms with E-state index < -0.39 is 11.9 Å². The summed E-state index contributed by atoms with van der Waals surface area (Å²) in [6, 6.07) is 0. The van der Waals surface area contributed by atoms with E-state index >= 15 is 0 Å². The second-order valence-corrected chi connectivity index (χ2v) is 6.72. The summed E-state index contributed by atoms with van der Waals surface area (Å²) in [5, 5.41) is 21.0. The predicted molar refractivity (Wildman–Crippen MR) is 81.6 cm³/mol. The van der Waals surface area contributed by atoms with E-state index in [2.05, 4.69) is 0 Å². The molecule has 2 aliphatic rings. The fourth-order valence-corrected chi connectivity index (χ4v) is 3.38. The van der Waals surface area contributed by atoms with E-state index in [0.29, 0.717) is 0 Å². The number of carboxylic acid groups (broad SMARTS) is 2. The summed E-state index contributed by atoms with van der Waals surface area (Å²) in [4.78, 5) is 21.0. The molecule has 0 radical (unpaired) electrons. The molecule has 0 aromatic carbocycles. The Morgan fingerprint density at radius 2 is 0.739 bits per heavy atom. The molecule has 0 heterocycles. The molecule has 0 aromatic rings. The normalized spacial score (nSPS) is 21.2. The van der Waals surface area contributed by atoms with E-state index in [4.69, 9.17) is 0 Å². The molecule has 0 amide bonds. The monoisotopic (exact) mass is 512 g/mol. The van der Waals surface area contributed by atoms with Crippen molar-refractivity contribution in [1.82, 2.24) is 0 Å². The van der Waals surface area contributed by atoms with E-state index in [1.165, 1.54) is 38.5 Å². The standard InChI is InChI=1S/2C9H16O2.Hg/c2*10-9(11)8-6-4-2-1-3-5-7-8;/h2*8H,1-7H2,(H,10,11);/q;;+2/p-2. The van der Waals surface area contributed by atoms with Crippen molar-refractivity contribution in [2.75, 3.05) is 0 Å². The summed E-state index contributed by atoms with van der Waals surface area (Å²) in [5.74, 6) is -2.00. The van der Waals surface area contributed by atoms with Crippen molar-refractivity contribution in [1.29, 1.82) is 0 Å². The van der Waals surface area contributed by atoms with Gasteiger partial charge in [0.05, 0.1) is 0 Å². The molecule has 2 rings (SSSR count). The van der Waals surface area contributed by atoms with Crippen molar-refractivity contribution in [3.05, 3.63) is 0 Å². The van der Waals surface area contributed by atoms with Crippen molar-refractivity contribution in [2.24, 2.45) is 11.8 Å². The van der Waals surface area contributed by atoms with Crippen LogP contribution in [0.1, 0.15) is 89.9 Å². The van der Waals surface area contributed by atoms with Crippen molar-refractivity contribution >= 4 is 11.9 Å². The number of carboxylic acids is 2. The SMILES string of the molecule is O=C([O-])C1CCCCCCC1.O=C([O-])C1CCCCCCC1.[Hg+2]. The zero-order valence-electron chi connectivity index (χ0n) is 14.4. The Kier molecular flexibility index (Phi) is 14.2. The molecule has 2 aliphatic carbocycles. The Bertz CT molecular complexity index is 285. The number of hydrogen-bond donors (Lipinski definition) is 0. The van der Waals surface area contributed by atoms with Crippen LogP contribution >= 0.6 is 0 Å². The van der Waals surface area contributed by atoms with Gasteiger partial charge >= 0.3 is 27.7 Å². The molecule has 0 bridgehead atoms. The minimum atomic E-state index is -0.841. The van der Waals surface area contributed by atoms with Gasteiger partial charge in [0.25, 0.3) is 0 Å². The first-order chi connectivity index (χ1) is 10.6. The largest absolute Gasteiger partial charge is 2.00 e. The first-order valence-corrected chi connectivity index (χ1v) is 9.03. The first kappa shape index (κ1) is 22.9. The van der Waals surface area contributed by atoms with Gasteiger partial charge < -0.3 is 19.8 Å². The van der Waals surface area contributed by atoms with Gasteiger partial charge in [-0.1, -0.05) is 64.2 Å². The third kappa shape index (κ3) is 11.1. The Hall–Kier alpha value is -0.125. The molecule has 0 aromatic heterocycles. The molecular formula is C18H30HgO4. The molecule has 0 spiro atoms. The zero-order valence-corrected chi connectivity index (χ0v) is 19.9. The van der Waals surface area contributed by atoms with Crippen molar-refractivity contribution in [2.45, 2.75) is 89.9 Å². The summed E-state index contributed by atoms with van der Waals surface area (Å²) >= 11 is 0. The third-order valence-electron chi connectivity index (χ3n) is 4.88. The van der Waals surface area contributed by atoms with Crippen molar-refractivity contribution < 1.29 is 47.5 Å². The van der Waals surface area contributed by atoms with Crippen LogP contribution in [0.25, 0.3) is 0 Å². The quantitative estimate of drug-likeness (QED) is 0.533. The van der Waals surface area contributed by atoms with Crippen molar-refractivity contribution in [3.8, 4) is 0 Å². The van der Waals surface area contributed by atoms with Crippen molar-refractivity contribution in [3.63, 3.8) is 0 Å². The molecule has 0 aliphatic heterocycles. The average molecular weight is 511 g/mol. The second kappa shape index (κ2) is 14.2. The molecule has 0 N–H and O–H groups in total. The summed E-state index contributed by atoms with van der Waals surface area (Å²) in [6.07, 6.45) is 15.0. The second-order valence-electron chi connectivity index (χ2n) is 6.72. The summed E-state index contributed by atoms with van der Waals surface area (Å²) in [7, 11) is 0. The summed E-state index contributed by atoms with van der Waals surface area (Å²) in [6.45, 7) is 0. The topological polar surface area (TPSA) is 80.3 Å². The molecule has 2 fully saturated rings. The van der Waals surface area contributed by atoms with E-state index in [1.54, 1.807) is 0 Å². The average Bonchev–Trinajstić information content (AvgIpc) is 2.37. The van der Waals surface area contributed by atoms with E-state index in [-0.39, 0.29) is 39.5 Å². The fourth-order valence-electron chi connectivity index (χ4n) is 3.38. The smallest absolute Gasteiger partial charge is 0.550 e. The summed E-state index contributed by atoms with van der Waals surface area (Å²) < 4.78 is 0. The van der Waals surface area contributed by atoms with Crippen LogP contribution < -0.4 is 10.2 Å². The maximum Gasteiger partial charge on any atom is 2.00 e. The molecule has 0 saturated heterocycles. The fraction of sp³-hybridized carbons (Fsp3) is 0.889. The van der Waals surface area contributed by atoms with Crippen LogP contribution in [-0.4, -0.2) is 11.9 Å². The summed E-state index contributed by atoms with van der Waals surface area (Å²) in [5.41, 5.74) is 0. The van der Waals surface area contributed by atoms with Crippen LogP contribution in [0.4, 0.5) is 0 Å². The number of carbonyl (C=O) groups is 2. The first-order valence-electron chi connectivity index (χ1n) is 9.03. The Balaban J connectivity index is 0.000000403. The minimum Gasteiger partial charge on any atom is -0.550 e. The van der Waals surface area contributed by atoms with Gasteiger partial charge in [-0.05, 0) is 37.5 Å². The molecule has 4 nitrogen and oxygen atoms in total. The maximum atomic E-state index is 10.5. The van der Waals surface area contributed by atoms with Crippen LogP contribution in [0.3, 0.4) is 0 Å². The number of aliphatic carboxylic acids is 2. The molecule has 2 saturated carbocycles. The molecule has 0 unspecified atom stereocenters. The van der Waals surface area contributed by atoms with Crippen LogP contribution in [-0.2, 0) is 37.3 Å². The van der Waals surface area contributed by atoms with Gasteiger partial charge in [0.2, 0.25) is 0 Å². The van der Waals surface area contributed by atoms with Crippen LogP contribution in [0.2, 0.25) is 0 Å². The molecule has 0 atom stereocenters. The molecule has 23 heavy (non-hydrogen) atoms. The van der Waals surface area contributed by atoms with Gasteiger partial charge in [-0.2, -0.15) is 0 Å². The van der Waals surface area contributed by atoms with Gasteiger partial charge in [-0.15, -0.1) is 0 Å². The van der Waals surface area contributed by atoms with Gasteiger partial charge in [0, 0.05) is 11.9 Å². The Morgan fingerprint density at radius 1 is 0.522 bits per heavy atom. The number of carbonyl (C=O) groups excluding carboxylic acids is 2. The van der Waals surface area contributed by atoms with Crippen LogP contribution in [0.15, 0.2) is 0 Å². The molecule has 128 valence electrons. The maximum absolute atomic E-state index is 10.5. The van der Waals surface area contributed by atoms with E-state index in [1.807, 2.05) is 0 Å². The van der Waals surface area contributed by atoms with Crippen LogP contribution in [0, 0.1) is 11.8 Å². The Labute approximate surface area is 160 Å². The van der Waals surface area contributed by atoms with Gasteiger partial charge in [0.15, 0.2) is 0 Å². The van der Waals surface area contributed by atoms with Crippen LogP contribution in [0.5, 0.6) is 0 Å².